The van der Waals surface area contributed by atoms with Crippen molar-refractivity contribution in [3.05, 3.63) is 53.5 Å². The van der Waals surface area contributed by atoms with Crippen molar-refractivity contribution in [2.45, 2.75) is 13.5 Å². The molecule has 7 heteroatoms. The summed E-state index contributed by atoms with van der Waals surface area (Å²) in [6.07, 6.45) is 0.358. The summed E-state index contributed by atoms with van der Waals surface area (Å²) >= 11 is 0. The molecule has 0 aliphatic carbocycles. The van der Waals surface area contributed by atoms with Gasteiger partial charge in [-0.3, -0.25) is 5.32 Å². The van der Waals surface area contributed by atoms with Crippen molar-refractivity contribution in [2.75, 3.05) is 5.32 Å². The monoisotopic (exact) mass is 287 g/mol. The number of amides is 1. The van der Waals surface area contributed by atoms with Crippen LogP contribution in [0.2, 0.25) is 0 Å². The average molecular weight is 287 g/mol. The van der Waals surface area contributed by atoms with Crippen LogP contribution in [0.3, 0.4) is 0 Å². The molecule has 0 unspecified atom stereocenters. The predicted octanol–water partition coefficient (Wildman–Crippen LogP) is 2.23. The van der Waals surface area contributed by atoms with E-state index >= 15 is 0 Å². The molecule has 21 heavy (non-hydrogen) atoms. The summed E-state index contributed by atoms with van der Waals surface area (Å²) in [5, 5.41) is 11.3. The minimum Gasteiger partial charge on any atom is -0.477 e. The van der Waals surface area contributed by atoms with E-state index in [9.17, 15) is 9.59 Å². The molecule has 2 N–H and O–H groups in total. The van der Waals surface area contributed by atoms with Gasteiger partial charge in [0.2, 0.25) is 0 Å². The maximum absolute atomic E-state index is 11.7. The van der Waals surface area contributed by atoms with Gasteiger partial charge in [0.15, 0.2) is 5.82 Å². The molecule has 1 amide bonds. The second-order valence-corrected chi connectivity index (χ2v) is 4.17. The quantitative estimate of drug-likeness (QED) is 0.894. The number of anilines is 1. The summed E-state index contributed by atoms with van der Waals surface area (Å²) in [6, 6.07) is 9.13. The number of carbonyl (C=O) groups is 2. The summed E-state index contributed by atoms with van der Waals surface area (Å²) in [7, 11) is 0. The van der Waals surface area contributed by atoms with E-state index in [0.29, 0.717) is 5.82 Å². The highest BCUT2D eigenvalue weighted by molar-refractivity contribution is 5.97. The number of ether oxygens (including phenoxy) is 1. The maximum Gasteiger partial charge on any atom is 0.413 e. The molecule has 0 atom stereocenters. The molecule has 0 aliphatic heterocycles. The van der Waals surface area contributed by atoms with Crippen molar-refractivity contribution < 1.29 is 19.4 Å². The summed E-state index contributed by atoms with van der Waals surface area (Å²) in [5.74, 6) is -0.972. The number of nitrogens with one attached hydrogen (secondary N) is 1. The Labute approximate surface area is 120 Å². The van der Waals surface area contributed by atoms with Crippen LogP contribution in [-0.2, 0) is 11.3 Å². The van der Waals surface area contributed by atoms with Gasteiger partial charge in [0.1, 0.15) is 18.0 Å². The summed E-state index contributed by atoms with van der Waals surface area (Å²) in [4.78, 5) is 30.4. The largest absolute Gasteiger partial charge is 0.477 e. The second-order valence-electron chi connectivity index (χ2n) is 4.17. The third-order valence-electron chi connectivity index (χ3n) is 2.57. The fourth-order valence-electron chi connectivity index (χ4n) is 1.58. The van der Waals surface area contributed by atoms with Crippen LogP contribution in [0.1, 0.15) is 21.7 Å². The topological polar surface area (TPSA) is 101 Å². The standard InChI is InChI=1S/C14H13N3O4/c1-9-15-7-11(13(18)19)12(16-9)17-14(20)21-8-10-5-3-2-4-6-10/h2-7H,8H2,1H3,(H,18,19)(H,15,16,17,20). The molecule has 1 heterocycles. The number of aromatic nitrogens is 2. The van der Waals surface area contributed by atoms with Crippen molar-refractivity contribution in [2.24, 2.45) is 0 Å². The number of rotatable bonds is 4. The van der Waals surface area contributed by atoms with Crippen molar-refractivity contribution in [1.82, 2.24) is 9.97 Å². The molecule has 0 bridgehead atoms. The van der Waals surface area contributed by atoms with E-state index in [2.05, 4.69) is 15.3 Å². The first-order valence-corrected chi connectivity index (χ1v) is 6.11. The minimum atomic E-state index is -1.23. The zero-order chi connectivity index (χ0) is 15.2. The molecule has 2 aromatic rings. The van der Waals surface area contributed by atoms with Crippen LogP contribution in [0.25, 0.3) is 0 Å². The van der Waals surface area contributed by atoms with E-state index in [1.54, 1.807) is 6.92 Å². The highest BCUT2D eigenvalue weighted by Crippen LogP contribution is 2.12. The molecule has 0 radical (unpaired) electrons. The lowest BCUT2D eigenvalue weighted by atomic mass is 10.2. The Kier molecular flexibility index (Phi) is 4.45. The van der Waals surface area contributed by atoms with Crippen LogP contribution in [0.15, 0.2) is 36.5 Å². The Bertz CT molecular complexity index is 659. The first-order chi connectivity index (χ1) is 10.1. The molecule has 7 nitrogen and oxygen atoms in total. The van der Waals surface area contributed by atoms with Crippen LogP contribution < -0.4 is 5.32 Å². The lowest BCUT2D eigenvalue weighted by Gasteiger charge is -2.08. The average Bonchev–Trinajstić information content (AvgIpc) is 2.46. The van der Waals surface area contributed by atoms with Gasteiger partial charge in [-0.25, -0.2) is 19.6 Å². The van der Waals surface area contributed by atoms with E-state index in [4.69, 9.17) is 9.84 Å². The Morgan fingerprint density at radius 3 is 2.67 bits per heavy atom. The predicted molar refractivity (Wildman–Crippen MR) is 74.0 cm³/mol. The van der Waals surface area contributed by atoms with Gasteiger partial charge in [-0.15, -0.1) is 0 Å². The molecule has 0 spiro atoms. The minimum absolute atomic E-state index is 0.0825. The van der Waals surface area contributed by atoms with Gasteiger partial charge < -0.3 is 9.84 Å². The van der Waals surface area contributed by atoms with E-state index in [0.717, 1.165) is 11.8 Å². The van der Waals surface area contributed by atoms with Crippen LogP contribution >= 0.6 is 0 Å². The van der Waals surface area contributed by atoms with E-state index in [1.807, 2.05) is 30.3 Å². The van der Waals surface area contributed by atoms with Gasteiger partial charge in [0, 0.05) is 6.20 Å². The molecular formula is C14H13N3O4. The van der Waals surface area contributed by atoms with E-state index in [-0.39, 0.29) is 18.0 Å². The fourth-order valence-corrected chi connectivity index (χ4v) is 1.58. The first-order valence-electron chi connectivity index (χ1n) is 6.11. The smallest absolute Gasteiger partial charge is 0.413 e. The molecule has 1 aromatic carbocycles. The van der Waals surface area contributed by atoms with Gasteiger partial charge in [-0.1, -0.05) is 30.3 Å². The molecule has 1 aromatic heterocycles. The molecule has 0 saturated carbocycles. The Morgan fingerprint density at radius 1 is 1.29 bits per heavy atom. The van der Waals surface area contributed by atoms with Crippen LogP contribution in [-0.4, -0.2) is 27.1 Å². The van der Waals surface area contributed by atoms with Gasteiger partial charge in [0.05, 0.1) is 0 Å². The summed E-state index contributed by atoms with van der Waals surface area (Å²) < 4.78 is 5.00. The Balaban J connectivity index is 2.02. The van der Waals surface area contributed by atoms with E-state index in [1.165, 1.54) is 0 Å². The van der Waals surface area contributed by atoms with Crippen molar-refractivity contribution >= 4 is 17.9 Å². The first kappa shape index (κ1) is 14.4. The number of carbonyl (C=O) groups excluding carboxylic acids is 1. The molecule has 0 fully saturated rings. The SMILES string of the molecule is Cc1ncc(C(=O)O)c(NC(=O)OCc2ccccc2)n1. The van der Waals surface area contributed by atoms with E-state index < -0.39 is 12.1 Å². The van der Waals surface area contributed by atoms with Crippen molar-refractivity contribution in [3.63, 3.8) is 0 Å². The van der Waals surface area contributed by atoms with Crippen molar-refractivity contribution in [3.8, 4) is 0 Å². The molecule has 0 saturated heterocycles. The number of carboxylic acid groups (broad SMARTS) is 1. The number of nitrogens with zero attached hydrogens (tertiary/aromatic N) is 2. The molecular weight excluding hydrogens is 274 g/mol. The van der Waals surface area contributed by atoms with Crippen molar-refractivity contribution in [1.29, 1.82) is 0 Å². The number of aromatic carboxylic acids is 1. The lowest BCUT2D eigenvalue weighted by Crippen LogP contribution is -2.18. The number of carboxylic acids is 1. The Hall–Kier alpha value is -2.96. The van der Waals surface area contributed by atoms with Gasteiger partial charge >= 0.3 is 12.1 Å². The maximum atomic E-state index is 11.7. The summed E-state index contributed by atoms with van der Waals surface area (Å²) in [5.41, 5.74) is 0.627. The number of aryl methyl sites for hydroxylation is 1. The number of hydrogen-bond acceptors (Lipinski definition) is 5. The summed E-state index contributed by atoms with van der Waals surface area (Å²) in [6.45, 7) is 1.67. The molecule has 0 aliphatic rings. The fraction of sp³-hybridized carbons (Fsp3) is 0.143. The lowest BCUT2D eigenvalue weighted by molar-refractivity contribution is 0.0697. The van der Waals surface area contributed by atoms with Crippen LogP contribution in [0, 0.1) is 6.92 Å². The highest BCUT2D eigenvalue weighted by atomic mass is 16.5. The zero-order valence-electron chi connectivity index (χ0n) is 11.2. The van der Waals surface area contributed by atoms with Crippen LogP contribution in [0.4, 0.5) is 10.6 Å². The zero-order valence-corrected chi connectivity index (χ0v) is 11.2. The number of benzene rings is 1. The van der Waals surface area contributed by atoms with Gasteiger partial charge in [0.25, 0.3) is 0 Å². The number of hydrogen-bond donors (Lipinski definition) is 2. The highest BCUT2D eigenvalue weighted by Gasteiger charge is 2.15. The second kappa shape index (κ2) is 6.47. The van der Waals surface area contributed by atoms with Crippen LogP contribution in [0.5, 0.6) is 0 Å². The van der Waals surface area contributed by atoms with Gasteiger partial charge in [-0.2, -0.15) is 0 Å². The van der Waals surface area contributed by atoms with Gasteiger partial charge in [-0.05, 0) is 12.5 Å². The Morgan fingerprint density at radius 2 is 2.00 bits per heavy atom. The third-order valence-corrected chi connectivity index (χ3v) is 2.57. The molecule has 108 valence electrons. The normalized spacial score (nSPS) is 9.95. The molecule has 2 rings (SSSR count). The third kappa shape index (κ3) is 4.00.